The summed E-state index contributed by atoms with van der Waals surface area (Å²) >= 11 is 0. The molecule has 0 amide bonds. The molecule has 0 aliphatic carbocycles. The van der Waals surface area contributed by atoms with Crippen LogP contribution in [-0.2, 0) is 9.47 Å². The molecular formula is C16H19N3O3. The van der Waals surface area contributed by atoms with Crippen molar-refractivity contribution in [1.82, 2.24) is 14.8 Å². The number of ether oxygens (including phenoxy) is 2. The highest BCUT2D eigenvalue weighted by Gasteiger charge is 2.24. The van der Waals surface area contributed by atoms with E-state index in [0.717, 1.165) is 42.7 Å². The highest BCUT2D eigenvalue weighted by Crippen LogP contribution is 2.32. The second kappa shape index (κ2) is 6.27. The third-order valence-electron chi connectivity index (χ3n) is 3.89. The van der Waals surface area contributed by atoms with E-state index in [1.165, 1.54) is 7.11 Å². The number of aromatic nitrogens is 3. The van der Waals surface area contributed by atoms with Gasteiger partial charge in [0.05, 0.1) is 24.6 Å². The summed E-state index contributed by atoms with van der Waals surface area (Å²) < 4.78 is 12.6. The molecule has 3 rings (SSSR count). The van der Waals surface area contributed by atoms with E-state index >= 15 is 0 Å². The van der Waals surface area contributed by atoms with E-state index in [-0.39, 0.29) is 12.2 Å². The summed E-state index contributed by atoms with van der Waals surface area (Å²) in [5.74, 6) is -0.380. The number of nitrogens with zero attached hydrogens (tertiary/aromatic N) is 3. The van der Waals surface area contributed by atoms with Crippen LogP contribution in [0.1, 0.15) is 41.4 Å². The number of rotatable bonds is 3. The SMILES string of the molecule is COC(=O)c1ccncc1-c1c(C)cnn1C1CCCCO1. The molecule has 2 aromatic rings. The smallest absolute Gasteiger partial charge is 0.338 e. The average Bonchev–Trinajstić information content (AvgIpc) is 2.96. The fourth-order valence-corrected chi connectivity index (χ4v) is 2.79. The first-order valence-electron chi connectivity index (χ1n) is 7.40. The first-order valence-corrected chi connectivity index (χ1v) is 7.40. The number of carbonyl (C=O) groups is 1. The van der Waals surface area contributed by atoms with Crippen molar-refractivity contribution in [3.63, 3.8) is 0 Å². The van der Waals surface area contributed by atoms with Gasteiger partial charge in [-0.05, 0) is 37.8 Å². The van der Waals surface area contributed by atoms with Crippen molar-refractivity contribution in [2.75, 3.05) is 13.7 Å². The summed E-state index contributed by atoms with van der Waals surface area (Å²) in [6.45, 7) is 2.70. The Morgan fingerprint density at radius 2 is 2.27 bits per heavy atom. The maximum Gasteiger partial charge on any atom is 0.338 e. The van der Waals surface area contributed by atoms with E-state index in [1.807, 2.05) is 11.6 Å². The van der Waals surface area contributed by atoms with Crippen molar-refractivity contribution in [2.45, 2.75) is 32.4 Å². The Labute approximate surface area is 129 Å². The molecule has 0 radical (unpaired) electrons. The van der Waals surface area contributed by atoms with Crippen LogP contribution in [0.2, 0.25) is 0 Å². The van der Waals surface area contributed by atoms with Crippen LogP contribution in [0, 0.1) is 6.92 Å². The summed E-state index contributed by atoms with van der Waals surface area (Å²) in [6, 6.07) is 1.67. The molecule has 1 unspecified atom stereocenters. The highest BCUT2D eigenvalue weighted by molar-refractivity contribution is 5.96. The molecule has 1 aliphatic heterocycles. The Bertz CT molecular complexity index is 675. The van der Waals surface area contributed by atoms with Gasteiger partial charge in [0.2, 0.25) is 0 Å². The lowest BCUT2D eigenvalue weighted by Gasteiger charge is -2.25. The lowest BCUT2D eigenvalue weighted by atomic mass is 10.0. The second-order valence-electron chi connectivity index (χ2n) is 5.35. The summed E-state index contributed by atoms with van der Waals surface area (Å²) in [4.78, 5) is 16.2. The van der Waals surface area contributed by atoms with E-state index in [1.54, 1.807) is 24.7 Å². The Hall–Kier alpha value is -2.21. The van der Waals surface area contributed by atoms with Gasteiger partial charge in [0.25, 0.3) is 0 Å². The van der Waals surface area contributed by atoms with Gasteiger partial charge in [0.1, 0.15) is 0 Å². The van der Waals surface area contributed by atoms with Gasteiger partial charge in [-0.25, -0.2) is 9.48 Å². The van der Waals surface area contributed by atoms with Crippen LogP contribution in [0.15, 0.2) is 24.7 Å². The van der Waals surface area contributed by atoms with Crippen molar-refractivity contribution in [3.8, 4) is 11.3 Å². The third-order valence-corrected chi connectivity index (χ3v) is 3.89. The van der Waals surface area contributed by atoms with Gasteiger partial charge in [-0.15, -0.1) is 0 Å². The first kappa shape index (κ1) is 14.7. The van der Waals surface area contributed by atoms with Crippen LogP contribution in [0.3, 0.4) is 0 Å². The van der Waals surface area contributed by atoms with Crippen molar-refractivity contribution >= 4 is 5.97 Å². The van der Waals surface area contributed by atoms with Crippen LogP contribution in [0.25, 0.3) is 11.3 Å². The summed E-state index contributed by atoms with van der Waals surface area (Å²) in [7, 11) is 1.38. The summed E-state index contributed by atoms with van der Waals surface area (Å²) in [6.07, 6.45) is 8.07. The topological polar surface area (TPSA) is 66.2 Å². The minimum Gasteiger partial charge on any atom is -0.465 e. The molecule has 1 fully saturated rings. The van der Waals surface area contributed by atoms with Gasteiger partial charge in [-0.2, -0.15) is 5.10 Å². The molecule has 0 bridgehead atoms. The fraction of sp³-hybridized carbons (Fsp3) is 0.438. The predicted molar refractivity (Wildman–Crippen MR) is 80.4 cm³/mol. The number of pyridine rings is 1. The molecule has 1 aliphatic rings. The number of carbonyl (C=O) groups excluding carboxylic acids is 1. The van der Waals surface area contributed by atoms with Crippen LogP contribution < -0.4 is 0 Å². The van der Waals surface area contributed by atoms with Crippen LogP contribution in [0.4, 0.5) is 0 Å². The van der Waals surface area contributed by atoms with Crippen molar-refractivity contribution in [1.29, 1.82) is 0 Å². The van der Waals surface area contributed by atoms with Gasteiger partial charge in [0.15, 0.2) is 6.23 Å². The Kier molecular flexibility index (Phi) is 4.20. The molecule has 3 heterocycles. The molecule has 116 valence electrons. The molecular weight excluding hydrogens is 282 g/mol. The maximum absolute atomic E-state index is 12.0. The molecule has 0 N–H and O–H groups in total. The van der Waals surface area contributed by atoms with Gasteiger partial charge in [-0.1, -0.05) is 0 Å². The first-order chi connectivity index (χ1) is 10.7. The lowest BCUT2D eigenvalue weighted by molar-refractivity contribution is -0.0384. The van der Waals surface area contributed by atoms with Gasteiger partial charge >= 0.3 is 5.97 Å². The molecule has 0 saturated carbocycles. The van der Waals surface area contributed by atoms with Crippen molar-refractivity contribution in [2.24, 2.45) is 0 Å². The van der Waals surface area contributed by atoms with Gasteiger partial charge < -0.3 is 9.47 Å². The Morgan fingerprint density at radius 1 is 1.41 bits per heavy atom. The number of hydrogen-bond donors (Lipinski definition) is 0. The zero-order valence-electron chi connectivity index (χ0n) is 12.8. The largest absolute Gasteiger partial charge is 0.465 e. The number of aryl methyl sites for hydroxylation is 1. The van der Waals surface area contributed by atoms with Crippen LogP contribution in [0.5, 0.6) is 0 Å². The molecule has 0 aromatic carbocycles. The number of hydrogen-bond acceptors (Lipinski definition) is 5. The minimum absolute atomic E-state index is 0.0943. The maximum atomic E-state index is 12.0. The predicted octanol–water partition coefficient (Wildman–Crippen LogP) is 2.74. The quantitative estimate of drug-likeness (QED) is 0.816. The lowest BCUT2D eigenvalue weighted by Crippen LogP contribution is -2.20. The third kappa shape index (κ3) is 2.62. The highest BCUT2D eigenvalue weighted by atomic mass is 16.5. The van der Waals surface area contributed by atoms with E-state index < -0.39 is 0 Å². The van der Waals surface area contributed by atoms with Gasteiger partial charge in [0, 0.05) is 24.6 Å². The summed E-state index contributed by atoms with van der Waals surface area (Å²) in [5, 5.41) is 4.45. The minimum atomic E-state index is -0.380. The van der Waals surface area contributed by atoms with Crippen LogP contribution in [-0.4, -0.2) is 34.5 Å². The molecule has 6 heteroatoms. The monoisotopic (exact) mass is 301 g/mol. The number of methoxy groups -OCH3 is 1. The zero-order valence-corrected chi connectivity index (χ0v) is 12.8. The van der Waals surface area contributed by atoms with Gasteiger partial charge in [-0.3, -0.25) is 4.98 Å². The molecule has 6 nitrogen and oxygen atoms in total. The fourth-order valence-electron chi connectivity index (χ4n) is 2.79. The zero-order chi connectivity index (χ0) is 15.5. The van der Waals surface area contributed by atoms with Crippen molar-refractivity contribution in [3.05, 3.63) is 35.8 Å². The standard InChI is InChI=1S/C16H19N3O3/c1-11-9-18-19(14-5-3-4-8-22-14)15(11)13-10-17-7-6-12(13)16(20)21-2/h6-7,9-10,14H,3-5,8H2,1-2H3. The molecule has 1 atom stereocenters. The van der Waals surface area contributed by atoms with E-state index in [9.17, 15) is 4.79 Å². The van der Waals surface area contributed by atoms with E-state index in [4.69, 9.17) is 9.47 Å². The molecule has 2 aromatic heterocycles. The van der Waals surface area contributed by atoms with E-state index in [0.29, 0.717) is 5.56 Å². The molecule has 0 spiro atoms. The second-order valence-corrected chi connectivity index (χ2v) is 5.35. The number of esters is 1. The summed E-state index contributed by atoms with van der Waals surface area (Å²) in [5.41, 5.74) is 3.05. The Morgan fingerprint density at radius 3 is 3.00 bits per heavy atom. The van der Waals surface area contributed by atoms with Crippen LogP contribution >= 0.6 is 0 Å². The van der Waals surface area contributed by atoms with Crippen molar-refractivity contribution < 1.29 is 14.3 Å². The normalized spacial score (nSPS) is 18.2. The molecule has 22 heavy (non-hydrogen) atoms. The van der Waals surface area contributed by atoms with E-state index in [2.05, 4.69) is 10.1 Å². The molecule has 1 saturated heterocycles. The average molecular weight is 301 g/mol. The Balaban J connectivity index is 2.09.